The summed E-state index contributed by atoms with van der Waals surface area (Å²) in [6, 6.07) is 14.6. The number of halogens is 1. The number of nitrogens with one attached hydrogen (secondary N) is 1. The Kier molecular flexibility index (Phi) is 7.22. The van der Waals surface area contributed by atoms with Crippen molar-refractivity contribution in [3.8, 4) is 0 Å². The van der Waals surface area contributed by atoms with E-state index in [1.807, 2.05) is 50.2 Å². The highest BCUT2D eigenvalue weighted by Gasteiger charge is 2.25. The summed E-state index contributed by atoms with van der Waals surface area (Å²) in [6.07, 6.45) is 0.229. The molecular formula is C21H25ClN2O2. The maximum absolute atomic E-state index is 12.9. The van der Waals surface area contributed by atoms with Crippen LogP contribution in [0.15, 0.2) is 48.5 Å². The summed E-state index contributed by atoms with van der Waals surface area (Å²) in [7, 11) is 0. The molecule has 26 heavy (non-hydrogen) atoms. The molecule has 2 aromatic rings. The second-order valence-corrected chi connectivity index (χ2v) is 6.82. The molecule has 2 rings (SSSR count). The Morgan fingerprint density at radius 3 is 2.19 bits per heavy atom. The largest absolute Gasteiger partial charge is 0.355 e. The summed E-state index contributed by atoms with van der Waals surface area (Å²) in [4.78, 5) is 26.9. The zero-order valence-electron chi connectivity index (χ0n) is 15.5. The Bertz CT molecular complexity index is 742. The van der Waals surface area contributed by atoms with E-state index < -0.39 is 6.04 Å². The molecule has 0 saturated heterocycles. The van der Waals surface area contributed by atoms with Crippen LogP contribution in [0.1, 0.15) is 30.5 Å². The zero-order valence-corrected chi connectivity index (χ0v) is 16.2. The number of benzene rings is 2. The molecular weight excluding hydrogens is 348 g/mol. The van der Waals surface area contributed by atoms with Crippen LogP contribution in [0.3, 0.4) is 0 Å². The van der Waals surface area contributed by atoms with Gasteiger partial charge >= 0.3 is 0 Å². The molecule has 5 heteroatoms. The number of hydrogen-bond donors (Lipinski definition) is 1. The third kappa shape index (κ3) is 5.60. The topological polar surface area (TPSA) is 49.4 Å². The van der Waals surface area contributed by atoms with E-state index in [0.29, 0.717) is 18.1 Å². The van der Waals surface area contributed by atoms with Crippen LogP contribution < -0.4 is 5.32 Å². The standard InChI is InChI=1S/C21H25ClN2O2/c1-4-23-21(26)16(3)24(14-18-7-5-15(2)6-8-18)20(25)13-17-9-11-19(22)12-10-17/h5-12,16H,4,13-14H2,1-3H3,(H,23,26). The molecule has 0 radical (unpaired) electrons. The normalized spacial score (nSPS) is 11.7. The van der Waals surface area contributed by atoms with Gasteiger partial charge in [0, 0.05) is 18.1 Å². The summed E-state index contributed by atoms with van der Waals surface area (Å²) in [5.74, 6) is -0.240. The van der Waals surface area contributed by atoms with E-state index in [2.05, 4.69) is 5.32 Å². The minimum Gasteiger partial charge on any atom is -0.355 e. The second kappa shape index (κ2) is 9.39. The van der Waals surface area contributed by atoms with E-state index in [0.717, 1.165) is 16.7 Å². The van der Waals surface area contributed by atoms with Gasteiger partial charge in [0.15, 0.2) is 0 Å². The average Bonchev–Trinajstić information content (AvgIpc) is 2.62. The average molecular weight is 373 g/mol. The minimum absolute atomic E-state index is 0.0911. The monoisotopic (exact) mass is 372 g/mol. The summed E-state index contributed by atoms with van der Waals surface area (Å²) in [5, 5.41) is 3.43. The van der Waals surface area contributed by atoms with E-state index in [1.54, 1.807) is 24.0 Å². The molecule has 0 aliphatic rings. The highest BCUT2D eigenvalue weighted by atomic mass is 35.5. The van der Waals surface area contributed by atoms with Crippen molar-refractivity contribution in [1.29, 1.82) is 0 Å². The SMILES string of the molecule is CCNC(=O)C(C)N(Cc1ccc(C)cc1)C(=O)Cc1ccc(Cl)cc1. The zero-order chi connectivity index (χ0) is 19.1. The number of nitrogens with zero attached hydrogens (tertiary/aromatic N) is 1. The van der Waals surface area contributed by atoms with Crippen molar-refractivity contribution in [2.24, 2.45) is 0 Å². The number of aryl methyl sites for hydroxylation is 1. The summed E-state index contributed by atoms with van der Waals surface area (Å²) in [6.45, 7) is 6.58. The van der Waals surface area contributed by atoms with Gasteiger partial charge in [0.05, 0.1) is 6.42 Å². The van der Waals surface area contributed by atoms with Gasteiger partial charge in [0.2, 0.25) is 11.8 Å². The van der Waals surface area contributed by atoms with Crippen molar-refractivity contribution in [2.75, 3.05) is 6.54 Å². The predicted molar refractivity (Wildman–Crippen MR) is 105 cm³/mol. The molecule has 138 valence electrons. The molecule has 1 unspecified atom stereocenters. The van der Waals surface area contributed by atoms with Gasteiger partial charge in [-0.05, 0) is 44.0 Å². The van der Waals surface area contributed by atoms with Gasteiger partial charge in [-0.1, -0.05) is 53.6 Å². The minimum atomic E-state index is -0.545. The number of hydrogen-bond acceptors (Lipinski definition) is 2. The van der Waals surface area contributed by atoms with Gasteiger partial charge in [-0.15, -0.1) is 0 Å². The van der Waals surface area contributed by atoms with Crippen molar-refractivity contribution >= 4 is 23.4 Å². The van der Waals surface area contributed by atoms with Crippen LogP contribution in [0.2, 0.25) is 5.02 Å². The Labute approximate surface area is 160 Å². The Morgan fingerprint density at radius 2 is 1.62 bits per heavy atom. The molecule has 0 bridgehead atoms. The second-order valence-electron chi connectivity index (χ2n) is 6.38. The summed E-state index contributed by atoms with van der Waals surface area (Å²) < 4.78 is 0. The molecule has 0 saturated carbocycles. The van der Waals surface area contributed by atoms with Gasteiger partial charge < -0.3 is 10.2 Å². The number of likely N-dealkylation sites (N-methyl/N-ethyl adjacent to an activating group) is 1. The molecule has 0 spiro atoms. The van der Waals surface area contributed by atoms with E-state index in [9.17, 15) is 9.59 Å². The third-order valence-corrected chi connectivity index (χ3v) is 4.51. The number of carbonyl (C=O) groups excluding carboxylic acids is 2. The first-order valence-electron chi connectivity index (χ1n) is 8.78. The van der Waals surface area contributed by atoms with Crippen LogP contribution in [0, 0.1) is 6.92 Å². The first kappa shape index (κ1) is 20.0. The van der Waals surface area contributed by atoms with Crippen LogP contribution in [0.4, 0.5) is 0 Å². The van der Waals surface area contributed by atoms with E-state index in [1.165, 1.54) is 0 Å². The maximum Gasteiger partial charge on any atom is 0.242 e. The van der Waals surface area contributed by atoms with Gasteiger partial charge in [0.1, 0.15) is 6.04 Å². The molecule has 4 nitrogen and oxygen atoms in total. The number of rotatable bonds is 7. The van der Waals surface area contributed by atoms with Crippen molar-refractivity contribution < 1.29 is 9.59 Å². The Balaban J connectivity index is 2.20. The molecule has 0 aromatic heterocycles. The number of carbonyl (C=O) groups is 2. The van der Waals surface area contributed by atoms with Crippen LogP contribution in [-0.2, 0) is 22.6 Å². The predicted octanol–water partition coefficient (Wildman–Crippen LogP) is 3.74. The van der Waals surface area contributed by atoms with E-state index in [-0.39, 0.29) is 18.2 Å². The van der Waals surface area contributed by atoms with Gasteiger partial charge in [-0.2, -0.15) is 0 Å². The molecule has 1 atom stereocenters. The molecule has 0 heterocycles. The van der Waals surface area contributed by atoms with Gasteiger partial charge in [-0.3, -0.25) is 9.59 Å². The first-order chi connectivity index (χ1) is 12.4. The van der Waals surface area contributed by atoms with E-state index in [4.69, 9.17) is 11.6 Å². The highest BCUT2D eigenvalue weighted by molar-refractivity contribution is 6.30. The molecule has 2 aromatic carbocycles. The van der Waals surface area contributed by atoms with E-state index >= 15 is 0 Å². The highest BCUT2D eigenvalue weighted by Crippen LogP contribution is 2.15. The molecule has 1 N–H and O–H groups in total. The van der Waals surface area contributed by atoms with Crippen LogP contribution >= 0.6 is 11.6 Å². The van der Waals surface area contributed by atoms with Crippen LogP contribution in [0.25, 0.3) is 0 Å². The quantitative estimate of drug-likeness (QED) is 0.804. The summed E-state index contributed by atoms with van der Waals surface area (Å²) in [5.41, 5.74) is 3.03. The van der Waals surface area contributed by atoms with Crippen LogP contribution in [0.5, 0.6) is 0 Å². The van der Waals surface area contributed by atoms with Gasteiger partial charge in [-0.25, -0.2) is 0 Å². The van der Waals surface area contributed by atoms with Crippen LogP contribution in [-0.4, -0.2) is 29.3 Å². The molecule has 0 fully saturated rings. The molecule has 2 amide bonds. The van der Waals surface area contributed by atoms with Gasteiger partial charge in [0.25, 0.3) is 0 Å². The number of amides is 2. The fourth-order valence-corrected chi connectivity index (χ4v) is 2.80. The summed E-state index contributed by atoms with van der Waals surface area (Å²) >= 11 is 5.91. The lowest BCUT2D eigenvalue weighted by atomic mass is 10.1. The Hall–Kier alpha value is -2.33. The fourth-order valence-electron chi connectivity index (χ4n) is 2.67. The van der Waals surface area contributed by atoms with Crippen molar-refractivity contribution in [2.45, 2.75) is 39.8 Å². The third-order valence-electron chi connectivity index (χ3n) is 4.26. The van der Waals surface area contributed by atoms with Crippen molar-refractivity contribution in [1.82, 2.24) is 10.2 Å². The van der Waals surface area contributed by atoms with Crippen molar-refractivity contribution in [3.05, 3.63) is 70.2 Å². The lowest BCUT2D eigenvalue weighted by Crippen LogP contribution is -2.48. The molecule has 0 aliphatic heterocycles. The first-order valence-corrected chi connectivity index (χ1v) is 9.15. The lowest BCUT2D eigenvalue weighted by molar-refractivity contribution is -0.140. The maximum atomic E-state index is 12.9. The fraction of sp³-hybridized carbons (Fsp3) is 0.333. The molecule has 0 aliphatic carbocycles. The Morgan fingerprint density at radius 1 is 1.04 bits per heavy atom. The van der Waals surface area contributed by atoms with Crippen molar-refractivity contribution in [3.63, 3.8) is 0 Å². The smallest absolute Gasteiger partial charge is 0.242 e. The lowest BCUT2D eigenvalue weighted by Gasteiger charge is -2.29.